The number of hydrogen-bond acceptors (Lipinski definition) is 4. The summed E-state index contributed by atoms with van der Waals surface area (Å²) in [5.74, 6) is -1.19. The second-order valence-corrected chi connectivity index (χ2v) is 9.68. The Hall–Kier alpha value is -2.13. The van der Waals surface area contributed by atoms with Crippen molar-refractivity contribution in [2.24, 2.45) is 5.92 Å². The van der Waals surface area contributed by atoms with Crippen LogP contribution in [0.4, 0.5) is 0 Å². The maximum atomic E-state index is 12.9. The molecule has 1 fully saturated rings. The summed E-state index contributed by atoms with van der Waals surface area (Å²) < 4.78 is 27.1. The summed E-state index contributed by atoms with van der Waals surface area (Å²) in [6, 6.07) is 11.5. The normalized spacial score (nSPS) is 15.6. The summed E-state index contributed by atoms with van der Waals surface area (Å²) in [6.07, 6.45) is 0.626. The van der Waals surface area contributed by atoms with E-state index in [0.717, 1.165) is 5.56 Å². The lowest BCUT2D eigenvalue weighted by Crippen LogP contribution is -2.48. The molecule has 3 rings (SSSR count). The Morgan fingerprint density at radius 3 is 2.17 bits per heavy atom. The molecular weight excluding hydrogens is 449 g/mol. The van der Waals surface area contributed by atoms with E-state index in [1.165, 1.54) is 16.4 Å². The number of carbonyl (C=O) groups excluding carboxylic acids is 2. The maximum absolute atomic E-state index is 12.9. The number of aryl methyl sites for hydroxylation is 1. The van der Waals surface area contributed by atoms with Crippen LogP contribution < -0.4 is 10.9 Å². The number of rotatable bonds is 4. The highest BCUT2D eigenvalue weighted by atomic mass is 35.5. The van der Waals surface area contributed by atoms with Crippen LogP contribution in [0.5, 0.6) is 0 Å². The highest BCUT2D eigenvalue weighted by Gasteiger charge is 2.34. The van der Waals surface area contributed by atoms with Gasteiger partial charge in [0.2, 0.25) is 15.9 Å². The number of nitrogens with zero attached hydrogens (tertiary/aromatic N) is 1. The lowest BCUT2D eigenvalue weighted by Gasteiger charge is -2.31. The van der Waals surface area contributed by atoms with Gasteiger partial charge in [-0.05, 0) is 43.5 Å². The van der Waals surface area contributed by atoms with Crippen LogP contribution in [0.1, 0.15) is 28.8 Å². The Kier molecular flexibility index (Phi) is 7.02. The molecular formula is C20H21Cl2N3O4S. The van der Waals surface area contributed by atoms with Gasteiger partial charge in [0.15, 0.2) is 0 Å². The van der Waals surface area contributed by atoms with Gasteiger partial charge in [-0.15, -0.1) is 0 Å². The predicted octanol–water partition coefficient (Wildman–Crippen LogP) is 3.16. The van der Waals surface area contributed by atoms with Gasteiger partial charge in [-0.3, -0.25) is 20.4 Å². The number of hydrogen-bond donors (Lipinski definition) is 2. The van der Waals surface area contributed by atoms with Crippen molar-refractivity contribution < 1.29 is 18.0 Å². The van der Waals surface area contributed by atoms with Crippen LogP contribution in [0.3, 0.4) is 0 Å². The standard InChI is InChI=1S/C20H21Cl2N3O4S/c1-13-5-2-3-6-15(13)20(27)24-23-19(26)14-9-11-25(12-10-14)30(28,29)18-16(21)7-4-8-17(18)22/h2-8,14H,9-12H2,1H3,(H,23,26)(H,24,27). The Labute approximate surface area is 185 Å². The molecule has 7 nitrogen and oxygen atoms in total. The van der Waals surface area contributed by atoms with E-state index >= 15 is 0 Å². The Morgan fingerprint density at radius 1 is 0.967 bits per heavy atom. The minimum absolute atomic E-state index is 0.0567. The minimum Gasteiger partial charge on any atom is -0.273 e. The molecule has 1 heterocycles. The van der Waals surface area contributed by atoms with Gasteiger partial charge in [0.1, 0.15) is 4.90 Å². The monoisotopic (exact) mass is 469 g/mol. The van der Waals surface area contributed by atoms with Crippen LogP contribution >= 0.6 is 23.2 Å². The van der Waals surface area contributed by atoms with E-state index in [1.807, 2.05) is 6.07 Å². The number of halogens is 2. The first kappa shape index (κ1) is 22.6. The van der Waals surface area contributed by atoms with E-state index in [1.54, 1.807) is 31.2 Å². The van der Waals surface area contributed by atoms with E-state index in [-0.39, 0.29) is 33.9 Å². The summed E-state index contributed by atoms with van der Waals surface area (Å²) in [5, 5.41) is 0.113. The smallest absolute Gasteiger partial charge is 0.269 e. The Bertz CT molecular complexity index is 1050. The van der Waals surface area contributed by atoms with Crippen LogP contribution in [0, 0.1) is 12.8 Å². The molecule has 0 spiro atoms. The van der Waals surface area contributed by atoms with Crippen molar-refractivity contribution in [3.63, 3.8) is 0 Å². The molecule has 0 unspecified atom stereocenters. The minimum atomic E-state index is -3.87. The summed E-state index contributed by atoms with van der Waals surface area (Å²) in [4.78, 5) is 24.5. The zero-order valence-corrected chi connectivity index (χ0v) is 18.5. The largest absolute Gasteiger partial charge is 0.273 e. The Morgan fingerprint density at radius 2 is 1.57 bits per heavy atom. The molecule has 10 heteroatoms. The van der Waals surface area contributed by atoms with E-state index in [9.17, 15) is 18.0 Å². The predicted molar refractivity (Wildman–Crippen MR) is 115 cm³/mol. The first-order valence-electron chi connectivity index (χ1n) is 9.32. The van der Waals surface area contributed by atoms with Crippen molar-refractivity contribution in [3.8, 4) is 0 Å². The maximum Gasteiger partial charge on any atom is 0.269 e. The average molecular weight is 470 g/mol. The van der Waals surface area contributed by atoms with Gasteiger partial charge in [-0.25, -0.2) is 8.42 Å². The van der Waals surface area contributed by atoms with Crippen molar-refractivity contribution in [1.82, 2.24) is 15.2 Å². The molecule has 1 aliphatic rings. The number of carbonyl (C=O) groups is 2. The van der Waals surface area contributed by atoms with Gasteiger partial charge in [0.05, 0.1) is 10.0 Å². The molecule has 1 aliphatic heterocycles. The lowest BCUT2D eigenvalue weighted by atomic mass is 9.97. The lowest BCUT2D eigenvalue weighted by molar-refractivity contribution is -0.126. The number of amides is 2. The molecule has 30 heavy (non-hydrogen) atoms. The fourth-order valence-electron chi connectivity index (χ4n) is 3.33. The van der Waals surface area contributed by atoms with Crippen LogP contribution in [0.2, 0.25) is 10.0 Å². The zero-order valence-electron chi connectivity index (χ0n) is 16.2. The summed E-state index contributed by atoms with van der Waals surface area (Å²) in [7, 11) is -3.87. The van der Waals surface area contributed by atoms with E-state index in [0.29, 0.717) is 18.4 Å². The zero-order chi connectivity index (χ0) is 21.9. The van der Waals surface area contributed by atoms with Crippen molar-refractivity contribution >= 4 is 45.0 Å². The molecule has 0 aromatic heterocycles. The fraction of sp³-hybridized carbons (Fsp3) is 0.300. The molecule has 2 aromatic rings. The van der Waals surface area contributed by atoms with E-state index in [4.69, 9.17) is 23.2 Å². The molecule has 160 valence electrons. The second-order valence-electron chi connectivity index (χ2n) is 6.99. The van der Waals surface area contributed by atoms with E-state index in [2.05, 4.69) is 10.9 Å². The van der Waals surface area contributed by atoms with Crippen LogP contribution in [-0.2, 0) is 14.8 Å². The fourth-order valence-corrected chi connectivity index (χ4v) is 5.89. The van der Waals surface area contributed by atoms with Crippen LogP contribution in [0.15, 0.2) is 47.4 Å². The van der Waals surface area contributed by atoms with Crippen molar-refractivity contribution in [2.45, 2.75) is 24.7 Å². The van der Waals surface area contributed by atoms with Gasteiger partial charge < -0.3 is 0 Å². The SMILES string of the molecule is Cc1ccccc1C(=O)NNC(=O)C1CCN(S(=O)(=O)c2c(Cl)cccc2Cl)CC1. The molecule has 0 aliphatic carbocycles. The number of nitrogens with one attached hydrogen (secondary N) is 2. The van der Waals surface area contributed by atoms with Crippen LogP contribution in [-0.4, -0.2) is 37.6 Å². The molecule has 2 N–H and O–H groups in total. The van der Waals surface area contributed by atoms with Gasteiger partial charge in [-0.2, -0.15) is 4.31 Å². The van der Waals surface area contributed by atoms with Gasteiger partial charge in [0, 0.05) is 24.6 Å². The number of benzene rings is 2. The molecule has 2 aromatic carbocycles. The third-order valence-corrected chi connectivity index (χ3v) is 7.89. The molecule has 0 saturated carbocycles. The molecule has 2 amide bonds. The molecule has 0 atom stereocenters. The third-order valence-electron chi connectivity index (χ3n) is 5.03. The van der Waals surface area contributed by atoms with Crippen LogP contribution in [0.25, 0.3) is 0 Å². The average Bonchev–Trinajstić information content (AvgIpc) is 2.72. The highest BCUT2D eigenvalue weighted by Crippen LogP contribution is 2.33. The number of piperidine rings is 1. The molecule has 0 radical (unpaired) electrons. The van der Waals surface area contributed by atoms with Gasteiger partial charge in [0.25, 0.3) is 5.91 Å². The Balaban J connectivity index is 1.58. The second kappa shape index (κ2) is 9.34. The quantitative estimate of drug-likeness (QED) is 0.672. The number of sulfonamides is 1. The third kappa shape index (κ3) is 4.78. The summed E-state index contributed by atoms with van der Waals surface area (Å²) >= 11 is 12.1. The number of hydrazine groups is 1. The van der Waals surface area contributed by atoms with Crippen molar-refractivity contribution in [2.75, 3.05) is 13.1 Å². The first-order valence-corrected chi connectivity index (χ1v) is 11.5. The molecule has 0 bridgehead atoms. The van der Waals surface area contributed by atoms with Gasteiger partial charge >= 0.3 is 0 Å². The topological polar surface area (TPSA) is 95.6 Å². The summed E-state index contributed by atoms with van der Waals surface area (Å²) in [5.41, 5.74) is 6.11. The van der Waals surface area contributed by atoms with Crippen molar-refractivity contribution in [3.05, 3.63) is 63.6 Å². The van der Waals surface area contributed by atoms with E-state index < -0.39 is 21.8 Å². The first-order chi connectivity index (χ1) is 14.2. The highest BCUT2D eigenvalue weighted by molar-refractivity contribution is 7.89. The summed E-state index contributed by atoms with van der Waals surface area (Å²) in [6.45, 7) is 2.10. The molecule has 1 saturated heterocycles. The van der Waals surface area contributed by atoms with Crippen molar-refractivity contribution in [1.29, 1.82) is 0 Å². The van der Waals surface area contributed by atoms with Gasteiger partial charge in [-0.1, -0.05) is 47.5 Å².